The summed E-state index contributed by atoms with van der Waals surface area (Å²) in [7, 11) is 3.38. The Labute approximate surface area is 163 Å². The van der Waals surface area contributed by atoms with Crippen LogP contribution in [0.4, 0.5) is 11.4 Å². The number of hydrogen-bond donors (Lipinski definition) is 2. The first kappa shape index (κ1) is 21.0. The minimum atomic E-state index is -0.522. The standard InChI is InChI=1S/C20H24N4O4/c1-4-21-11-12-22-20(26)16-8-6-5-7-15(16)19(25)14-9-10-17(23(2)3)18(13-14)24(27)28/h5-10,13,21H,4,11-12H2,1-3H3,(H,22,26). The summed E-state index contributed by atoms with van der Waals surface area (Å²) >= 11 is 0. The van der Waals surface area contributed by atoms with E-state index in [0.717, 1.165) is 6.54 Å². The number of anilines is 1. The molecule has 2 aromatic carbocycles. The first-order valence-corrected chi connectivity index (χ1v) is 8.95. The number of nitrogens with one attached hydrogen (secondary N) is 2. The number of rotatable bonds is 9. The van der Waals surface area contributed by atoms with Gasteiger partial charge in [-0.25, -0.2) is 0 Å². The Bertz CT molecular complexity index is 880. The molecular weight excluding hydrogens is 360 g/mol. The van der Waals surface area contributed by atoms with Gasteiger partial charge < -0.3 is 15.5 Å². The maximum atomic E-state index is 13.0. The van der Waals surface area contributed by atoms with Crippen molar-refractivity contribution < 1.29 is 14.5 Å². The van der Waals surface area contributed by atoms with Crippen LogP contribution in [0.15, 0.2) is 42.5 Å². The lowest BCUT2D eigenvalue weighted by Gasteiger charge is -2.14. The minimum Gasteiger partial charge on any atom is -0.372 e. The molecule has 0 spiro atoms. The number of carbonyl (C=O) groups excluding carboxylic acids is 2. The molecule has 0 radical (unpaired) electrons. The Kier molecular flexibility index (Phi) is 7.22. The van der Waals surface area contributed by atoms with Crippen molar-refractivity contribution in [2.75, 3.05) is 38.6 Å². The fourth-order valence-corrected chi connectivity index (χ4v) is 2.76. The van der Waals surface area contributed by atoms with Crippen molar-refractivity contribution in [2.45, 2.75) is 6.92 Å². The van der Waals surface area contributed by atoms with Crippen LogP contribution in [-0.4, -0.2) is 50.3 Å². The SMILES string of the molecule is CCNCCNC(=O)c1ccccc1C(=O)c1ccc(N(C)C)c([N+](=O)[O-])c1. The molecule has 2 rings (SSSR count). The van der Waals surface area contributed by atoms with E-state index >= 15 is 0 Å². The van der Waals surface area contributed by atoms with Crippen molar-refractivity contribution >= 4 is 23.1 Å². The molecule has 148 valence electrons. The van der Waals surface area contributed by atoms with Crippen LogP contribution in [0.2, 0.25) is 0 Å². The Balaban J connectivity index is 2.33. The molecule has 1 amide bonds. The van der Waals surface area contributed by atoms with Gasteiger partial charge in [-0.05, 0) is 24.7 Å². The summed E-state index contributed by atoms with van der Waals surface area (Å²) < 4.78 is 0. The van der Waals surface area contributed by atoms with E-state index < -0.39 is 10.7 Å². The van der Waals surface area contributed by atoms with Gasteiger partial charge in [0.2, 0.25) is 0 Å². The molecule has 0 fully saturated rings. The van der Waals surface area contributed by atoms with Crippen molar-refractivity contribution in [3.05, 3.63) is 69.3 Å². The summed E-state index contributed by atoms with van der Waals surface area (Å²) in [6.45, 7) is 3.82. The zero-order valence-electron chi connectivity index (χ0n) is 16.2. The molecule has 0 saturated carbocycles. The Morgan fingerprint density at radius 2 is 1.75 bits per heavy atom. The lowest BCUT2D eigenvalue weighted by atomic mass is 9.97. The van der Waals surface area contributed by atoms with Crippen LogP contribution in [0.3, 0.4) is 0 Å². The van der Waals surface area contributed by atoms with Gasteiger partial charge in [-0.2, -0.15) is 0 Å². The average Bonchev–Trinajstić information content (AvgIpc) is 2.69. The third kappa shape index (κ3) is 4.92. The third-order valence-electron chi connectivity index (χ3n) is 4.17. The highest BCUT2D eigenvalue weighted by atomic mass is 16.6. The van der Waals surface area contributed by atoms with Crippen molar-refractivity contribution in [1.29, 1.82) is 0 Å². The molecule has 8 heteroatoms. The maximum absolute atomic E-state index is 13.0. The smallest absolute Gasteiger partial charge is 0.293 e. The number of ketones is 1. The Hall–Kier alpha value is -3.26. The predicted molar refractivity (Wildman–Crippen MR) is 108 cm³/mol. The van der Waals surface area contributed by atoms with Crippen LogP contribution >= 0.6 is 0 Å². The second-order valence-electron chi connectivity index (χ2n) is 6.34. The number of likely N-dealkylation sites (N-methyl/N-ethyl adjacent to an activating group) is 1. The summed E-state index contributed by atoms with van der Waals surface area (Å²) in [6.07, 6.45) is 0. The zero-order chi connectivity index (χ0) is 20.7. The predicted octanol–water partition coefficient (Wildman–Crippen LogP) is 2.23. The summed E-state index contributed by atoms with van der Waals surface area (Å²) in [5, 5.41) is 17.2. The maximum Gasteiger partial charge on any atom is 0.293 e. The number of nitrogens with zero attached hydrogens (tertiary/aromatic N) is 2. The van der Waals surface area contributed by atoms with Gasteiger partial charge in [-0.15, -0.1) is 0 Å². The Morgan fingerprint density at radius 1 is 1.07 bits per heavy atom. The first-order chi connectivity index (χ1) is 13.4. The number of hydrogen-bond acceptors (Lipinski definition) is 6. The zero-order valence-corrected chi connectivity index (χ0v) is 16.2. The normalized spacial score (nSPS) is 10.4. The van der Waals surface area contributed by atoms with E-state index in [1.165, 1.54) is 18.2 Å². The van der Waals surface area contributed by atoms with E-state index in [9.17, 15) is 19.7 Å². The van der Waals surface area contributed by atoms with Crippen molar-refractivity contribution in [3.8, 4) is 0 Å². The molecule has 0 unspecified atom stereocenters. The van der Waals surface area contributed by atoms with E-state index in [4.69, 9.17) is 0 Å². The van der Waals surface area contributed by atoms with E-state index in [0.29, 0.717) is 18.8 Å². The van der Waals surface area contributed by atoms with Crippen molar-refractivity contribution in [1.82, 2.24) is 10.6 Å². The second kappa shape index (κ2) is 9.61. The molecule has 0 saturated heterocycles. The van der Waals surface area contributed by atoms with Gasteiger partial charge in [0, 0.05) is 44.4 Å². The molecule has 0 bridgehead atoms. The van der Waals surface area contributed by atoms with Gasteiger partial charge in [-0.1, -0.05) is 25.1 Å². The summed E-state index contributed by atoms with van der Waals surface area (Å²) in [5.41, 5.74) is 0.836. The van der Waals surface area contributed by atoms with Gasteiger partial charge in [-0.3, -0.25) is 19.7 Å². The van der Waals surface area contributed by atoms with Gasteiger partial charge >= 0.3 is 0 Å². The molecule has 0 atom stereocenters. The molecule has 0 aliphatic heterocycles. The highest BCUT2D eigenvalue weighted by Gasteiger charge is 2.22. The molecule has 2 N–H and O–H groups in total. The fourth-order valence-electron chi connectivity index (χ4n) is 2.76. The summed E-state index contributed by atoms with van der Waals surface area (Å²) in [6, 6.07) is 10.8. The minimum absolute atomic E-state index is 0.158. The summed E-state index contributed by atoms with van der Waals surface area (Å²) in [5.74, 6) is -0.799. The van der Waals surface area contributed by atoms with Crippen LogP contribution in [0, 0.1) is 10.1 Å². The van der Waals surface area contributed by atoms with E-state index in [1.54, 1.807) is 43.3 Å². The van der Waals surface area contributed by atoms with Gasteiger partial charge in [0.05, 0.1) is 10.5 Å². The first-order valence-electron chi connectivity index (χ1n) is 8.95. The number of benzene rings is 2. The topological polar surface area (TPSA) is 105 Å². The van der Waals surface area contributed by atoms with E-state index in [2.05, 4.69) is 10.6 Å². The largest absolute Gasteiger partial charge is 0.372 e. The quantitative estimate of drug-likeness (QED) is 0.297. The molecule has 0 aliphatic carbocycles. The molecule has 0 heterocycles. The highest BCUT2D eigenvalue weighted by molar-refractivity contribution is 6.15. The van der Waals surface area contributed by atoms with Crippen LogP contribution in [-0.2, 0) is 0 Å². The van der Waals surface area contributed by atoms with Crippen LogP contribution in [0.5, 0.6) is 0 Å². The van der Waals surface area contributed by atoms with Crippen LogP contribution < -0.4 is 15.5 Å². The number of carbonyl (C=O) groups is 2. The number of nitro benzene ring substituents is 1. The summed E-state index contributed by atoms with van der Waals surface area (Å²) in [4.78, 5) is 37.9. The monoisotopic (exact) mass is 384 g/mol. The molecule has 0 aliphatic rings. The van der Waals surface area contributed by atoms with Crippen LogP contribution in [0.25, 0.3) is 0 Å². The fraction of sp³-hybridized carbons (Fsp3) is 0.300. The van der Waals surface area contributed by atoms with Gasteiger partial charge in [0.1, 0.15) is 5.69 Å². The van der Waals surface area contributed by atoms with Crippen molar-refractivity contribution in [3.63, 3.8) is 0 Å². The lowest BCUT2D eigenvalue weighted by Crippen LogP contribution is -2.32. The van der Waals surface area contributed by atoms with E-state index in [-0.39, 0.29) is 28.3 Å². The van der Waals surface area contributed by atoms with Gasteiger partial charge in [0.25, 0.3) is 11.6 Å². The third-order valence-corrected chi connectivity index (χ3v) is 4.17. The average molecular weight is 384 g/mol. The molecule has 28 heavy (non-hydrogen) atoms. The molecule has 8 nitrogen and oxygen atoms in total. The lowest BCUT2D eigenvalue weighted by molar-refractivity contribution is -0.384. The van der Waals surface area contributed by atoms with E-state index in [1.807, 2.05) is 6.92 Å². The molecule has 2 aromatic rings. The number of amides is 1. The highest BCUT2D eigenvalue weighted by Crippen LogP contribution is 2.29. The van der Waals surface area contributed by atoms with Crippen LogP contribution in [0.1, 0.15) is 33.2 Å². The van der Waals surface area contributed by atoms with Gasteiger partial charge in [0.15, 0.2) is 5.78 Å². The number of nitro groups is 1. The Morgan fingerprint density at radius 3 is 2.36 bits per heavy atom. The molecule has 0 aromatic heterocycles. The molecular formula is C20H24N4O4. The second-order valence-corrected chi connectivity index (χ2v) is 6.34. The van der Waals surface area contributed by atoms with Crippen molar-refractivity contribution in [2.24, 2.45) is 0 Å².